The third kappa shape index (κ3) is 3.88. The van der Waals surface area contributed by atoms with Gasteiger partial charge in [-0.3, -0.25) is 0 Å². The van der Waals surface area contributed by atoms with Gasteiger partial charge in [-0.25, -0.2) is 15.0 Å². The third-order valence-electron chi connectivity index (χ3n) is 8.29. The molecule has 0 fully saturated rings. The van der Waals surface area contributed by atoms with Crippen LogP contribution in [-0.4, -0.2) is 15.0 Å². The maximum atomic E-state index is 6.20. The monoisotopic (exact) mass is 549 g/mol. The average molecular weight is 550 g/mol. The van der Waals surface area contributed by atoms with Crippen LogP contribution in [0.4, 0.5) is 0 Å². The smallest absolute Gasteiger partial charge is 0.164 e. The number of furan rings is 1. The summed E-state index contributed by atoms with van der Waals surface area (Å²) in [6, 6.07) is 48.2. The van der Waals surface area contributed by atoms with Crippen molar-refractivity contribution in [3.8, 4) is 34.2 Å². The summed E-state index contributed by atoms with van der Waals surface area (Å²) in [4.78, 5) is 15.3. The summed E-state index contributed by atoms with van der Waals surface area (Å²) < 4.78 is 6.20. The molecule has 43 heavy (non-hydrogen) atoms. The number of aromatic nitrogens is 3. The second-order valence-electron chi connectivity index (χ2n) is 10.9. The summed E-state index contributed by atoms with van der Waals surface area (Å²) in [7, 11) is 0. The molecule has 0 spiro atoms. The molecule has 0 atom stereocenters. The molecule has 0 saturated carbocycles. The van der Waals surface area contributed by atoms with E-state index < -0.39 is 0 Å². The van der Waals surface area contributed by atoms with Crippen molar-refractivity contribution in [3.63, 3.8) is 0 Å². The maximum absolute atomic E-state index is 6.20. The Balaban J connectivity index is 1.29. The van der Waals surface area contributed by atoms with Gasteiger partial charge in [0.05, 0.1) is 0 Å². The fourth-order valence-electron chi connectivity index (χ4n) is 6.19. The van der Waals surface area contributed by atoms with E-state index in [9.17, 15) is 0 Å². The second-order valence-corrected chi connectivity index (χ2v) is 10.9. The lowest BCUT2D eigenvalue weighted by Crippen LogP contribution is -2.01. The maximum Gasteiger partial charge on any atom is 0.164 e. The molecule has 0 aliphatic heterocycles. The van der Waals surface area contributed by atoms with Crippen molar-refractivity contribution in [1.82, 2.24) is 15.0 Å². The number of hydrogen-bond acceptors (Lipinski definition) is 4. The van der Waals surface area contributed by atoms with E-state index in [2.05, 4.69) is 121 Å². The Morgan fingerprint density at radius 2 is 0.930 bits per heavy atom. The Kier molecular flexibility index (Phi) is 5.16. The van der Waals surface area contributed by atoms with E-state index in [1.807, 2.05) is 18.2 Å². The van der Waals surface area contributed by atoms with E-state index >= 15 is 0 Å². The summed E-state index contributed by atoms with van der Waals surface area (Å²) in [5, 5.41) is 8.97. The number of hydrogen-bond donors (Lipinski definition) is 0. The lowest BCUT2D eigenvalue weighted by Gasteiger charge is -2.12. The van der Waals surface area contributed by atoms with Gasteiger partial charge in [-0.05, 0) is 56.6 Å². The minimum atomic E-state index is 0.632. The average Bonchev–Trinajstić information content (AvgIpc) is 3.43. The van der Waals surface area contributed by atoms with Crippen LogP contribution in [0.25, 0.3) is 88.4 Å². The van der Waals surface area contributed by atoms with E-state index in [1.165, 1.54) is 0 Å². The summed E-state index contributed by atoms with van der Waals surface area (Å²) in [6.07, 6.45) is 0. The number of para-hydroxylation sites is 1. The Hall–Kier alpha value is -5.87. The molecule has 9 aromatic rings. The Bertz CT molecular complexity index is 2420. The van der Waals surface area contributed by atoms with Crippen LogP contribution >= 0.6 is 0 Å². The van der Waals surface area contributed by atoms with Crippen molar-refractivity contribution in [1.29, 1.82) is 0 Å². The fourth-order valence-corrected chi connectivity index (χ4v) is 6.19. The Labute approximate surface area is 246 Å². The fraction of sp³-hybridized carbons (Fsp3) is 0. The van der Waals surface area contributed by atoms with E-state index in [0.717, 1.165) is 70.9 Å². The molecule has 0 aliphatic carbocycles. The van der Waals surface area contributed by atoms with Gasteiger partial charge in [-0.2, -0.15) is 0 Å². The van der Waals surface area contributed by atoms with Crippen molar-refractivity contribution in [2.24, 2.45) is 0 Å². The minimum absolute atomic E-state index is 0.632. The topological polar surface area (TPSA) is 51.8 Å². The van der Waals surface area contributed by atoms with Crippen LogP contribution in [0.3, 0.4) is 0 Å². The molecule has 0 radical (unpaired) electrons. The van der Waals surface area contributed by atoms with E-state index in [1.54, 1.807) is 0 Å². The van der Waals surface area contributed by atoms with Gasteiger partial charge in [0.25, 0.3) is 0 Å². The van der Waals surface area contributed by atoms with Crippen molar-refractivity contribution in [2.45, 2.75) is 0 Å². The normalized spacial score (nSPS) is 11.7. The molecule has 2 aromatic heterocycles. The van der Waals surface area contributed by atoms with Crippen LogP contribution in [0.1, 0.15) is 0 Å². The molecule has 7 aromatic carbocycles. The highest BCUT2D eigenvalue weighted by molar-refractivity contribution is 6.10. The van der Waals surface area contributed by atoms with Gasteiger partial charge in [0.2, 0.25) is 0 Å². The van der Waals surface area contributed by atoms with E-state index in [0.29, 0.717) is 17.5 Å². The molecule has 200 valence electrons. The lowest BCUT2D eigenvalue weighted by molar-refractivity contribution is 0.669. The zero-order chi connectivity index (χ0) is 28.3. The van der Waals surface area contributed by atoms with Gasteiger partial charge >= 0.3 is 0 Å². The predicted molar refractivity (Wildman–Crippen MR) is 176 cm³/mol. The first kappa shape index (κ1) is 23.8. The largest absolute Gasteiger partial charge is 0.456 e. The summed E-state index contributed by atoms with van der Waals surface area (Å²) in [5.74, 6) is 1.93. The molecule has 0 amide bonds. The van der Waals surface area contributed by atoms with Crippen LogP contribution < -0.4 is 0 Å². The zero-order valence-electron chi connectivity index (χ0n) is 23.0. The number of fused-ring (bicyclic) bond motifs is 6. The van der Waals surface area contributed by atoms with Crippen molar-refractivity contribution in [2.75, 3.05) is 0 Å². The first-order valence-electron chi connectivity index (χ1n) is 14.4. The molecule has 0 saturated heterocycles. The van der Waals surface area contributed by atoms with Gasteiger partial charge in [0, 0.05) is 27.5 Å². The SMILES string of the molecule is c1ccc2c(-c3nc(-c4ccc5cc6c(cc5c4)oc4ccccc46)nc(-c4cccc5ccccc45)n3)cccc2c1. The Morgan fingerprint density at radius 1 is 0.349 bits per heavy atom. The lowest BCUT2D eigenvalue weighted by atomic mass is 10.0. The molecule has 9 rings (SSSR count). The molecule has 4 nitrogen and oxygen atoms in total. The van der Waals surface area contributed by atoms with Crippen molar-refractivity contribution < 1.29 is 4.42 Å². The number of rotatable bonds is 3. The molecule has 0 unspecified atom stereocenters. The van der Waals surface area contributed by atoms with E-state index in [-0.39, 0.29) is 0 Å². The summed E-state index contributed by atoms with van der Waals surface area (Å²) in [6.45, 7) is 0. The summed E-state index contributed by atoms with van der Waals surface area (Å²) in [5.41, 5.74) is 4.65. The highest BCUT2D eigenvalue weighted by atomic mass is 16.3. The molecular formula is C39H23N3O. The molecule has 0 N–H and O–H groups in total. The van der Waals surface area contributed by atoms with Crippen LogP contribution in [0, 0.1) is 0 Å². The highest BCUT2D eigenvalue weighted by Gasteiger charge is 2.16. The first-order valence-corrected chi connectivity index (χ1v) is 14.4. The standard InChI is InChI=1S/C39H23N3O/c1-3-13-29-24(9-1)11-7-16-32(29)38-40-37(41-39(42-38)33-17-8-12-25-10-2-4-14-30(25)33)27-20-19-26-22-34-31-15-5-6-18-35(31)43-36(34)23-28(26)21-27/h1-23H. The predicted octanol–water partition coefficient (Wildman–Crippen LogP) is 10.2. The number of nitrogens with zero attached hydrogens (tertiary/aromatic N) is 3. The minimum Gasteiger partial charge on any atom is -0.456 e. The van der Waals surface area contributed by atoms with Gasteiger partial charge in [0.15, 0.2) is 17.5 Å². The highest BCUT2D eigenvalue weighted by Crippen LogP contribution is 2.35. The third-order valence-corrected chi connectivity index (χ3v) is 8.29. The van der Waals surface area contributed by atoms with Crippen molar-refractivity contribution in [3.05, 3.63) is 140 Å². The zero-order valence-corrected chi connectivity index (χ0v) is 23.0. The van der Waals surface area contributed by atoms with Crippen LogP contribution in [-0.2, 0) is 0 Å². The van der Waals surface area contributed by atoms with Gasteiger partial charge in [0.1, 0.15) is 11.2 Å². The van der Waals surface area contributed by atoms with Crippen LogP contribution in [0.5, 0.6) is 0 Å². The molecule has 4 heteroatoms. The van der Waals surface area contributed by atoms with Gasteiger partial charge in [-0.1, -0.05) is 115 Å². The second kappa shape index (κ2) is 9.33. The van der Waals surface area contributed by atoms with Gasteiger partial charge in [-0.15, -0.1) is 0 Å². The van der Waals surface area contributed by atoms with E-state index in [4.69, 9.17) is 19.4 Å². The molecule has 2 heterocycles. The van der Waals surface area contributed by atoms with Gasteiger partial charge < -0.3 is 4.42 Å². The quantitative estimate of drug-likeness (QED) is 0.220. The van der Waals surface area contributed by atoms with Crippen LogP contribution in [0.2, 0.25) is 0 Å². The molecule has 0 bridgehead atoms. The molecular weight excluding hydrogens is 526 g/mol. The number of benzene rings is 7. The molecule has 0 aliphatic rings. The summed E-state index contributed by atoms with van der Waals surface area (Å²) >= 11 is 0. The Morgan fingerprint density at radius 3 is 1.63 bits per heavy atom. The first-order chi connectivity index (χ1) is 21.3. The van der Waals surface area contributed by atoms with Crippen LogP contribution in [0.15, 0.2) is 144 Å². The van der Waals surface area contributed by atoms with Crippen molar-refractivity contribution >= 4 is 54.3 Å².